The predicted molar refractivity (Wildman–Crippen MR) is 110 cm³/mol. The Bertz CT molecular complexity index is 873. The van der Waals surface area contributed by atoms with Gasteiger partial charge in [0.25, 0.3) is 0 Å². The molecular weight excluding hydrogens is 419 g/mol. The van der Waals surface area contributed by atoms with Gasteiger partial charge in [0.05, 0.1) is 5.02 Å². The summed E-state index contributed by atoms with van der Waals surface area (Å²) >= 11 is 12.0. The van der Waals surface area contributed by atoms with Gasteiger partial charge in [0.15, 0.2) is 0 Å². The Morgan fingerprint density at radius 1 is 1.04 bits per heavy atom. The summed E-state index contributed by atoms with van der Waals surface area (Å²) < 4.78 is 28.2. The largest absolute Gasteiger partial charge is 0.351 e. The highest BCUT2D eigenvalue weighted by Gasteiger charge is 2.49. The van der Waals surface area contributed by atoms with Gasteiger partial charge in [-0.05, 0) is 87.8 Å². The third kappa shape index (κ3) is 3.81. The Kier molecular flexibility index (Phi) is 5.22. The van der Waals surface area contributed by atoms with Gasteiger partial charge in [0.1, 0.15) is 10.4 Å². The third-order valence-corrected chi connectivity index (χ3v) is 9.04. The Hall–Kier alpha value is -0.820. The molecule has 0 heterocycles. The van der Waals surface area contributed by atoms with Crippen molar-refractivity contribution in [2.45, 2.75) is 62.4 Å². The van der Waals surface area contributed by atoms with Crippen LogP contribution in [0.4, 0.5) is 0 Å². The van der Waals surface area contributed by atoms with Crippen molar-refractivity contribution in [3.8, 4) is 0 Å². The first-order valence-corrected chi connectivity index (χ1v) is 12.1. The highest BCUT2D eigenvalue weighted by molar-refractivity contribution is 7.89. The van der Waals surface area contributed by atoms with Crippen molar-refractivity contribution in [2.75, 3.05) is 0 Å². The molecule has 4 aliphatic carbocycles. The van der Waals surface area contributed by atoms with Gasteiger partial charge in [0.2, 0.25) is 15.9 Å². The molecule has 0 radical (unpaired) electrons. The van der Waals surface area contributed by atoms with Crippen LogP contribution >= 0.6 is 23.2 Å². The van der Waals surface area contributed by atoms with Crippen molar-refractivity contribution in [2.24, 2.45) is 23.7 Å². The fourth-order valence-corrected chi connectivity index (χ4v) is 7.75. The van der Waals surface area contributed by atoms with Gasteiger partial charge in [-0.1, -0.05) is 23.2 Å². The lowest BCUT2D eigenvalue weighted by Crippen LogP contribution is -2.62. The maximum Gasteiger partial charge on any atom is 0.243 e. The summed E-state index contributed by atoms with van der Waals surface area (Å²) in [6.45, 7) is 3.16. The summed E-state index contributed by atoms with van der Waals surface area (Å²) in [5.74, 6) is 2.37. The van der Waals surface area contributed by atoms with Crippen LogP contribution in [0.2, 0.25) is 10.0 Å². The number of amides is 1. The highest BCUT2D eigenvalue weighted by atomic mass is 35.5. The Balaban J connectivity index is 1.48. The topological polar surface area (TPSA) is 75.3 Å². The van der Waals surface area contributed by atoms with Gasteiger partial charge in [-0.2, -0.15) is 4.72 Å². The molecule has 0 aliphatic heterocycles. The van der Waals surface area contributed by atoms with E-state index in [1.807, 2.05) is 0 Å². The van der Waals surface area contributed by atoms with E-state index in [-0.39, 0.29) is 26.9 Å². The standard InChI is InChI=1S/C20H26Cl2N2O3S/c1-20(2,24-28(26,27)17-10-15(21)3-4-16(17)22)19(25)23-18-13-6-11-5-12(8-13)9-14(18)7-11/h3-4,10-14,18,24H,5-9H2,1-2H3,(H,23,25). The molecule has 4 aliphatic rings. The van der Waals surface area contributed by atoms with Crippen LogP contribution in [0.25, 0.3) is 0 Å². The minimum atomic E-state index is -4.00. The monoisotopic (exact) mass is 444 g/mol. The van der Waals surface area contributed by atoms with Gasteiger partial charge < -0.3 is 5.32 Å². The Morgan fingerprint density at radius 3 is 2.18 bits per heavy atom. The van der Waals surface area contributed by atoms with E-state index in [9.17, 15) is 13.2 Å². The van der Waals surface area contributed by atoms with Crippen molar-refractivity contribution in [3.05, 3.63) is 28.2 Å². The molecule has 1 aromatic rings. The minimum absolute atomic E-state index is 0.0640. The van der Waals surface area contributed by atoms with E-state index in [2.05, 4.69) is 10.0 Å². The van der Waals surface area contributed by atoms with Gasteiger partial charge in [-0.3, -0.25) is 4.79 Å². The minimum Gasteiger partial charge on any atom is -0.351 e. The highest BCUT2D eigenvalue weighted by Crippen LogP contribution is 2.53. The summed E-state index contributed by atoms with van der Waals surface area (Å²) in [5, 5.41) is 3.51. The van der Waals surface area contributed by atoms with E-state index in [0.29, 0.717) is 11.8 Å². The first-order chi connectivity index (χ1) is 13.0. The lowest BCUT2D eigenvalue weighted by molar-refractivity contribution is -0.129. The second-order valence-corrected chi connectivity index (χ2v) is 11.7. The molecular formula is C20H26Cl2N2O3S. The van der Waals surface area contributed by atoms with Crippen molar-refractivity contribution < 1.29 is 13.2 Å². The number of halogens is 2. The van der Waals surface area contributed by atoms with Crippen LogP contribution in [0.3, 0.4) is 0 Å². The summed E-state index contributed by atoms with van der Waals surface area (Å²) in [7, 11) is -4.00. The maximum absolute atomic E-state index is 13.0. The first kappa shape index (κ1) is 20.5. The molecule has 0 saturated heterocycles. The van der Waals surface area contributed by atoms with Crippen LogP contribution in [0.1, 0.15) is 46.0 Å². The predicted octanol–water partition coefficient (Wildman–Crippen LogP) is 3.99. The average molecular weight is 445 g/mol. The van der Waals surface area contributed by atoms with E-state index >= 15 is 0 Å². The summed E-state index contributed by atoms with van der Waals surface area (Å²) in [5.41, 5.74) is -1.31. The number of sulfonamides is 1. The summed E-state index contributed by atoms with van der Waals surface area (Å²) in [6, 6.07) is 4.39. The lowest BCUT2D eigenvalue weighted by atomic mass is 9.54. The van der Waals surface area contributed by atoms with E-state index in [1.165, 1.54) is 50.3 Å². The smallest absolute Gasteiger partial charge is 0.243 e. The second kappa shape index (κ2) is 7.15. The number of carbonyl (C=O) groups excluding carboxylic acids is 1. The zero-order valence-electron chi connectivity index (χ0n) is 16.0. The molecule has 0 aromatic heterocycles. The number of rotatable bonds is 5. The number of hydrogen-bond donors (Lipinski definition) is 2. The molecule has 4 saturated carbocycles. The van der Waals surface area contributed by atoms with Crippen molar-refractivity contribution in [3.63, 3.8) is 0 Å². The number of benzene rings is 1. The molecule has 28 heavy (non-hydrogen) atoms. The van der Waals surface area contributed by atoms with E-state index < -0.39 is 15.6 Å². The number of nitrogens with one attached hydrogen (secondary N) is 2. The maximum atomic E-state index is 13.0. The fraction of sp³-hybridized carbons (Fsp3) is 0.650. The van der Waals surface area contributed by atoms with Crippen LogP contribution in [-0.4, -0.2) is 25.9 Å². The molecule has 8 heteroatoms. The number of hydrogen-bond acceptors (Lipinski definition) is 3. The van der Waals surface area contributed by atoms with E-state index in [4.69, 9.17) is 23.2 Å². The summed E-state index contributed by atoms with van der Waals surface area (Å²) in [6.07, 6.45) is 6.08. The Labute approximate surface area is 176 Å². The second-order valence-electron chi connectivity index (χ2n) is 9.24. The van der Waals surface area contributed by atoms with Crippen LogP contribution in [0.5, 0.6) is 0 Å². The van der Waals surface area contributed by atoms with Crippen LogP contribution < -0.4 is 10.0 Å². The quantitative estimate of drug-likeness (QED) is 0.720. The molecule has 5 rings (SSSR count). The molecule has 1 aromatic carbocycles. The summed E-state index contributed by atoms with van der Waals surface area (Å²) in [4.78, 5) is 12.9. The first-order valence-electron chi connectivity index (χ1n) is 9.85. The van der Waals surface area contributed by atoms with Gasteiger partial charge in [-0.25, -0.2) is 8.42 Å². The molecule has 0 atom stereocenters. The third-order valence-electron chi connectivity index (χ3n) is 6.66. The van der Waals surface area contributed by atoms with Crippen molar-refractivity contribution in [1.29, 1.82) is 0 Å². The number of carbonyl (C=O) groups is 1. The SMILES string of the molecule is CC(C)(NS(=O)(=O)c1cc(Cl)ccc1Cl)C(=O)NC1C2CC3CC(C2)CC1C3. The zero-order chi connectivity index (χ0) is 20.3. The zero-order valence-corrected chi connectivity index (χ0v) is 18.4. The lowest BCUT2D eigenvalue weighted by Gasteiger charge is -2.54. The molecule has 0 spiro atoms. The van der Waals surface area contributed by atoms with Crippen LogP contribution in [0.15, 0.2) is 23.1 Å². The van der Waals surface area contributed by atoms with Crippen LogP contribution in [-0.2, 0) is 14.8 Å². The molecule has 0 unspecified atom stereocenters. The molecule has 1 amide bonds. The Morgan fingerprint density at radius 2 is 1.61 bits per heavy atom. The fourth-order valence-electron chi connectivity index (χ4n) is 5.61. The molecule has 2 N–H and O–H groups in total. The molecule has 154 valence electrons. The molecule has 4 bridgehead atoms. The van der Waals surface area contributed by atoms with Gasteiger partial charge in [0, 0.05) is 11.1 Å². The van der Waals surface area contributed by atoms with E-state index in [1.54, 1.807) is 13.8 Å². The van der Waals surface area contributed by atoms with Crippen LogP contribution in [0, 0.1) is 23.7 Å². The molecule has 5 nitrogen and oxygen atoms in total. The van der Waals surface area contributed by atoms with Crippen molar-refractivity contribution in [1.82, 2.24) is 10.0 Å². The normalized spacial score (nSPS) is 31.8. The van der Waals surface area contributed by atoms with Gasteiger partial charge >= 0.3 is 0 Å². The molecule has 4 fully saturated rings. The van der Waals surface area contributed by atoms with E-state index in [0.717, 1.165) is 11.8 Å². The van der Waals surface area contributed by atoms with Gasteiger partial charge in [-0.15, -0.1) is 0 Å². The van der Waals surface area contributed by atoms with Crippen molar-refractivity contribution >= 4 is 39.1 Å². The average Bonchev–Trinajstić information content (AvgIpc) is 2.58.